The number of amides is 1. The Balaban J connectivity index is 1.70. The van der Waals surface area contributed by atoms with Gasteiger partial charge in [0.15, 0.2) is 11.0 Å². The Morgan fingerprint density at radius 2 is 1.81 bits per heavy atom. The predicted octanol–water partition coefficient (Wildman–Crippen LogP) is 3.93. The minimum atomic E-state index is -0.287. The van der Waals surface area contributed by atoms with Crippen molar-refractivity contribution in [1.29, 1.82) is 0 Å². The highest BCUT2D eigenvalue weighted by Gasteiger charge is 2.20. The second-order valence-electron chi connectivity index (χ2n) is 6.03. The van der Waals surface area contributed by atoms with E-state index >= 15 is 0 Å². The third kappa shape index (κ3) is 4.86. The summed E-state index contributed by atoms with van der Waals surface area (Å²) >= 11 is 1.40. The van der Waals surface area contributed by atoms with Gasteiger partial charge in [0.25, 0.3) is 0 Å². The maximum Gasteiger partial charge on any atom is 0.233 e. The van der Waals surface area contributed by atoms with Gasteiger partial charge in [0.2, 0.25) is 5.91 Å². The molecule has 0 saturated carbocycles. The smallest absolute Gasteiger partial charge is 0.233 e. The fourth-order valence-corrected chi connectivity index (χ4v) is 3.49. The van der Waals surface area contributed by atoms with E-state index in [1.165, 1.54) is 11.8 Å². The molecule has 0 aliphatic heterocycles. The summed E-state index contributed by atoms with van der Waals surface area (Å²) < 4.78 is 1.98. The van der Waals surface area contributed by atoms with Gasteiger partial charge in [-0.3, -0.25) is 9.36 Å². The molecule has 5 nitrogen and oxygen atoms in total. The zero-order valence-electron chi connectivity index (χ0n) is 15.2. The van der Waals surface area contributed by atoms with Crippen molar-refractivity contribution in [2.45, 2.75) is 30.4 Å². The standard InChI is InChI=1S/C21H22N4OS/c1-3-14-25-19(18-12-8-5-9-13-18)23-24-21(25)27-16(2)20(26)22-15-17-10-6-4-7-11-17/h3-13,16H,1,14-15H2,2H3,(H,22,26)/t16-/m0/s1. The molecule has 6 heteroatoms. The van der Waals surface area contributed by atoms with Gasteiger partial charge in [0.1, 0.15) is 0 Å². The largest absolute Gasteiger partial charge is 0.351 e. The summed E-state index contributed by atoms with van der Waals surface area (Å²) in [6.45, 7) is 6.79. The fraction of sp³-hybridized carbons (Fsp3) is 0.190. The molecule has 3 rings (SSSR count). The molecule has 2 aromatic carbocycles. The number of benzene rings is 2. The molecule has 1 atom stereocenters. The number of hydrogen-bond donors (Lipinski definition) is 1. The fourth-order valence-electron chi connectivity index (χ4n) is 2.61. The van der Waals surface area contributed by atoms with Gasteiger partial charge in [0, 0.05) is 18.7 Å². The molecule has 27 heavy (non-hydrogen) atoms. The number of hydrogen-bond acceptors (Lipinski definition) is 4. The summed E-state index contributed by atoms with van der Waals surface area (Å²) in [4.78, 5) is 12.5. The molecule has 0 fully saturated rings. The van der Waals surface area contributed by atoms with E-state index in [-0.39, 0.29) is 11.2 Å². The number of nitrogens with one attached hydrogen (secondary N) is 1. The van der Waals surface area contributed by atoms with Crippen LogP contribution in [-0.4, -0.2) is 25.9 Å². The second kappa shape index (κ2) is 9.19. The Kier molecular flexibility index (Phi) is 6.44. The average Bonchev–Trinajstić information content (AvgIpc) is 3.10. The summed E-state index contributed by atoms with van der Waals surface area (Å²) in [7, 11) is 0. The van der Waals surface area contributed by atoms with Crippen LogP contribution in [0.4, 0.5) is 0 Å². The Morgan fingerprint density at radius 1 is 1.15 bits per heavy atom. The SMILES string of the molecule is C=CCn1c(S[C@@H](C)C(=O)NCc2ccccc2)nnc1-c1ccccc1. The van der Waals surface area contributed by atoms with Gasteiger partial charge in [-0.15, -0.1) is 16.8 Å². The molecular weight excluding hydrogens is 356 g/mol. The molecule has 0 bridgehead atoms. The van der Waals surface area contributed by atoms with Crippen LogP contribution in [0.3, 0.4) is 0 Å². The van der Waals surface area contributed by atoms with E-state index in [0.717, 1.165) is 17.0 Å². The Morgan fingerprint density at radius 3 is 2.48 bits per heavy atom. The highest BCUT2D eigenvalue weighted by atomic mass is 32.2. The van der Waals surface area contributed by atoms with Crippen LogP contribution in [0, 0.1) is 0 Å². The molecule has 3 aromatic rings. The summed E-state index contributed by atoms with van der Waals surface area (Å²) in [6.07, 6.45) is 1.81. The maximum atomic E-state index is 12.5. The molecule has 1 heterocycles. The topological polar surface area (TPSA) is 59.8 Å². The van der Waals surface area contributed by atoms with E-state index in [4.69, 9.17) is 0 Å². The molecule has 1 amide bonds. The second-order valence-corrected chi connectivity index (χ2v) is 7.34. The number of allylic oxidation sites excluding steroid dienone is 1. The number of nitrogens with zero attached hydrogens (tertiary/aromatic N) is 3. The summed E-state index contributed by atoms with van der Waals surface area (Å²) in [5.41, 5.74) is 2.06. The molecular formula is C21H22N4OS. The molecule has 0 radical (unpaired) electrons. The van der Waals surface area contributed by atoms with E-state index in [1.807, 2.05) is 72.2 Å². The number of carbonyl (C=O) groups excluding carboxylic acids is 1. The lowest BCUT2D eigenvalue weighted by atomic mass is 10.2. The molecule has 0 aliphatic carbocycles. The van der Waals surface area contributed by atoms with Gasteiger partial charge >= 0.3 is 0 Å². The van der Waals surface area contributed by atoms with Crippen LogP contribution in [0.5, 0.6) is 0 Å². The van der Waals surface area contributed by atoms with Crippen molar-refractivity contribution in [3.05, 3.63) is 78.9 Å². The first-order chi connectivity index (χ1) is 13.2. The predicted molar refractivity (Wildman–Crippen MR) is 109 cm³/mol. The summed E-state index contributed by atoms with van der Waals surface area (Å²) in [5.74, 6) is 0.744. The lowest BCUT2D eigenvalue weighted by molar-refractivity contribution is -0.120. The van der Waals surface area contributed by atoms with Crippen LogP contribution in [0.2, 0.25) is 0 Å². The van der Waals surface area contributed by atoms with E-state index in [2.05, 4.69) is 22.1 Å². The van der Waals surface area contributed by atoms with Gasteiger partial charge in [-0.25, -0.2) is 0 Å². The van der Waals surface area contributed by atoms with E-state index in [1.54, 1.807) is 6.08 Å². The van der Waals surface area contributed by atoms with Crippen molar-refractivity contribution in [2.75, 3.05) is 0 Å². The normalized spacial score (nSPS) is 11.7. The molecule has 1 N–H and O–H groups in total. The van der Waals surface area contributed by atoms with Gasteiger partial charge in [-0.05, 0) is 12.5 Å². The third-order valence-corrected chi connectivity index (χ3v) is 5.10. The highest BCUT2D eigenvalue weighted by Crippen LogP contribution is 2.26. The van der Waals surface area contributed by atoms with Crippen LogP contribution in [0.15, 0.2) is 78.5 Å². The van der Waals surface area contributed by atoms with Crippen LogP contribution in [0.25, 0.3) is 11.4 Å². The first kappa shape index (κ1) is 18.9. The van der Waals surface area contributed by atoms with Gasteiger partial charge in [0.05, 0.1) is 5.25 Å². The van der Waals surface area contributed by atoms with E-state index < -0.39 is 0 Å². The highest BCUT2D eigenvalue weighted by molar-refractivity contribution is 8.00. The molecule has 0 spiro atoms. The van der Waals surface area contributed by atoms with E-state index in [0.29, 0.717) is 18.2 Å². The maximum absolute atomic E-state index is 12.5. The van der Waals surface area contributed by atoms with Crippen molar-refractivity contribution in [3.8, 4) is 11.4 Å². The first-order valence-electron chi connectivity index (χ1n) is 8.77. The Hall–Kier alpha value is -2.86. The van der Waals surface area contributed by atoms with Gasteiger partial charge in [-0.2, -0.15) is 0 Å². The number of rotatable bonds is 8. The summed E-state index contributed by atoms with van der Waals surface area (Å²) in [5, 5.41) is 12.0. The minimum Gasteiger partial charge on any atom is -0.351 e. The molecule has 1 aromatic heterocycles. The van der Waals surface area contributed by atoms with E-state index in [9.17, 15) is 4.79 Å². The van der Waals surface area contributed by atoms with Gasteiger partial charge < -0.3 is 5.32 Å². The molecule has 0 saturated heterocycles. The average molecular weight is 379 g/mol. The monoisotopic (exact) mass is 378 g/mol. The molecule has 0 aliphatic rings. The minimum absolute atomic E-state index is 0.0294. The number of aromatic nitrogens is 3. The van der Waals surface area contributed by atoms with Crippen molar-refractivity contribution in [3.63, 3.8) is 0 Å². The molecule has 138 valence electrons. The third-order valence-electron chi connectivity index (χ3n) is 4.02. The lowest BCUT2D eigenvalue weighted by Crippen LogP contribution is -2.30. The first-order valence-corrected chi connectivity index (χ1v) is 9.65. The Labute approximate surface area is 163 Å². The molecule has 0 unspecified atom stereocenters. The van der Waals surface area contributed by atoms with Crippen LogP contribution < -0.4 is 5.32 Å². The van der Waals surface area contributed by atoms with Crippen LogP contribution in [0.1, 0.15) is 12.5 Å². The zero-order valence-corrected chi connectivity index (χ0v) is 16.0. The van der Waals surface area contributed by atoms with Gasteiger partial charge in [-0.1, -0.05) is 78.5 Å². The summed E-state index contributed by atoms with van der Waals surface area (Å²) in [6, 6.07) is 19.7. The van der Waals surface area contributed by atoms with Crippen molar-refractivity contribution in [1.82, 2.24) is 20.1 Å². The number of carbonyl (C=O) groups is 1. The number of thioether (sulfide) groups is 1. The lowest BCUT2D eigenvalue weighted by Gasteiger charge is -2.13. The van der Waals surface area contributed by atoms with Crippen LogP contribution >= 0.6 is 11.8 Å². The van der Waals surface area contributed by atoms with Crippen LogP contribution in [-0.2, 0) is 17.9 Å². The van der Waals surface area contributed by atoms with Crippen molar-refractivity contribution in [2.24, 2.45) is 0 Å². The van der Waals surface area contributed by atoms with Crippen molar-refractivity contribution >= 4 is 17.7 Å². The Bertz CT molecular complexity index is 893. The quantitative estimate of drug-likeness (QED) is 0.477. The van der Waals surface area contributed by atoms with Crippen molar-refractivity contribution < 1.29 is 4.79 Å². The zero-order chi connectivity index (χ0) is 19.1.